The van der Waals surface area contributed by atoms with Crippen LogP contribution in [0.25, 0.3) is 0 Å². The molecular weight excluding hydrogens is 182 g/mol. The second-order valence-corrected chi connectivity index (χ2v) is 3.20. The maximum atomic E-state index is 9.69. The van der Waals surface area contributed by atoms with E-state index in [1.165, 1.54) is 0 Å². The van der Waals surface area contributed by atoms with Crippen LogP contribution >= 0.6 is 0 Å². The molecule has 1 aromatic rings. The van der Waals surface area contributed by atoms with E-state index in [1.807, 2.05) is 6.92 Å². The Morgan fingerprint density at radius 3 is 2.79 bits per heavy atom. The number of nitrogens with zero attached hydrogens (tertiary/aromatic N) is 2. The Hall–Kier alpha value is -0.910. The van der Waals surface area contributed by atoms with Crippen LogP contribution in [0.2, 0.25) is 0 Å². The van der Waals surface area contributed by atoms with Gasteiger partial charge in [-0.3, -0.25) is 4.68 Å². The number of nitrogens with one attached hydrogen (secondary N) is 1. The van der Waals surface area contributed by atoms with Crippen LogP contribution in [0.5, 0.6) is 0 Å². The zero-order valence-corrected chi connectivity index (χ0v) is 8.51. The van der Waals surface area contributed by atoms with Crippen molar-refractivity contribution in [2.45, 2.75) is 25.7 Å². The molecule has 2 atom stereocenters. The number of hydrogen-bond acceptors (Lipinski definition) is 4. The summed E-state index contributed by atoms with van der Waals surface area (Å²) in [5.74, 6) is 0. The van der Waals surface area contributed by atoms with Gasteiger partial charge in [-0.2, -0.15) is 5.10 Å². The first-order chi connectivity index (χ1) is 6.69. The highest BCUT2D eigenvalue weighted by molar-refractivity contribution is 5.09. The van der Waals surface area contributed by atoms with Crippen molar-refractivity contribution in [1.29, 1.82) is 0 Å². The first-order valence-electron chi connectivity index (χ1n) is 4.72. The van der Waals surface area contributed by atoms with Crippen molar-refractivity contribution >= 4 is 0 Å². The maximum absolute atomic E-state index is 9.69. The monoisotopic (exact) mass is 199 g/mol. The van der Waals surface area contributed by atoms with Crippen molar-refractivity contribution in [3.05, 3.63) is 18.0 Å². The van der Waals surface area contributed by atoms with E-state index in [1.54, 1.807) is 24.1 Å². The van der Waals surface area contributed by atoms with Gasteiger partial charge in [0.25, 0.3) is 0 Å². The van der Waals surface area contributed by atoms with Crippen LogP contribution in [0.1, 0.15) is 18.6 Å². The van der Waals surface area contributed by atoms with Crippen molar-refractivity contribution < 1.29 is 10.2 Å². The third-order valence-corrected chi connectivity index (χ3v) is 2.10. The van der Waals surface area contributed by atoms with Crippen LogP contribution in [-0.2, 0) is 6.54 Å². The standard InChI is InChI=1S/C9H17N3O2/c1-3-12-6-7(4-11-12)9(14)8(13)5-10-2/h4,6,8-10,13-14H,3,5H2,1-2H3. The Morgan fingerprint density at radius 2 is 2.29 bits per heavy atom. The molecule has 5 nitrogen and oxygen atoms in total. The predicted octanol–water partition coefficient (Wildman–Crippen LogP) is -0.483. The molecule has 0 aromatic carbocycles. The van der Waals surface area contributed by atoms with E-state index in [9.17, 15) is 10.2 Å². The lowest BCUT2D eigenvalue weighted by atomic mass is 10.1. The summed E-state index contributed by atoms with van der Waals surface area (Å²) >= 11 is 0. The quantitative estimate of drug-likeness (QED) is 0.599. The van der Waals surface area contributed by atoms with Crippen molar-refractivity contribution in [2.75, 3.05) is 13.6 Å². The Kier molecular flexibility index (Phi) is 4.06. The Balaban J connectivity index is 2.63. The summed E-state index contributed by atoms with van der Waals surface area (Å²) in [4.78, 5) is 0. The minimum absolute atomic E-state index is 0.360. The lowest BCUT2D eigenvalue weighted by Gasteiger charge is -2.15. The molecule has 1 rings (SSSR count). The van der Waals surface area contributed by atoms with Crippen LogP contribution in [0.15, 0.2) is 12.4 Å². The first-order valence-corrected chi connectivity index (χ1v) is 4.72. The molecule has 1 aromatic heterocycles. The lowest BCUT2D eigenvalue weighted by molar-refractivity contribution is 0.0202. The topological polar surface area (TPSA) is 70.3 Å². The molecule has 80 valence electrons. The molecule has 14 heavy (non-hydrogen) atoms. The molecule has 0 bridgehead atoms. The van der Waals surface area contributed by atoms with E-state index in [4.69, 9.17) is 0 Å². The fourth-order valence-electron chi connectivity index (χ4n) is 1.25. The number of aliphatic hydroxyl groups excluding tert-OH is 2. The maximum Gasteiger partial charge on any atom is 0.109 e. The molecule has 0 fully saturated rings. The molecule has 0 spiro atoms. The summed E-state index contributed by atoms with van der Waals surface area (Å²) in [6, 6.07) is 0. The largest absolute Gasteiger partial charge is 0.389 e. The summed E-state index contributed by atoms with van der Waals surface area (Å²) in [7, 11) is 1.73. The normalized spacial score (nSPS) is 15.4. The average molecular weight is 199 g/mol. The molecule has 3 N–H and O–H groups in total. The highest BCUT2D eigenvalue weighted by Gasteiger charge is 2.18. The summed E-state index contributed by atoms with van der Waals surface area (Å²) < 4.78 is 1.71. The number of aryl methyl sites for hydroxylation is 1. The molecular formula is C9H17N3O2. The van der Waals surface area contributed by atoms with Crippen LogP contribution in [0.3, 0.4) is 0 Å². The molecule has 0 saturated carbocycles. The van der Waals surface area contributed by atoms with Crippen molar-refractivity contribution in [3.8, 4) is 0 Å². The second-order valence-electron chi connectivity index (χ2n) is 3.20. The van der Waals surface area contributed by atoms with Crippen molar-refractivity contribution in [1.82, 2.24) is 15.1 Å². The van der Waals surface area contributed by atoms with Gasteiger partial charge < -0.3 is 15.5 Å². The van der Waals surface area contributed by atoms with Crippen LogP contribution < -0.4 is 5.32 Å². The number of aromatic nitrogens is 2. The van der Waals surface area contributed by atoms with Gasteiger partial charge in [0.1, 0.15) is 6.10 Å². The highest BCUT2D eigenvalue weighted by Crippen LogP contribution is 2.15. The Labute approximate surface area is 83.4 Å². The third kappa shape index (κ3) is 2.54. The number of hydrogen-bond donors (Lipinski definition) is 3. The summed E-state index contributed by atoms with van der Waals surface area (Å²) in [5.41, 5.74) is 0.648. The zero-order valence-electron chi connectivity index (χ0n) is 8.51. The lowest BCUT2D eigenvalue weighted by Crippen LogP contribution is -2.29. The van der Waals surface area contributed by atoms with Gasteiger partial charge in [-0.1, -0.05) is 0 Å². The van der Waals surface area contributed by atoms with Crippen LogP contribution in [-0.4, -0.2) is 39.7 Å². The molecule has 0 aliphatic carbocycles. The molecule has 0 aliphatic heterocycles. The zero-order chi connectivity index (χ0) is 10.6. The van der Waals surface area contributed by atoms with E-state index in [0.717, 1.165) is 6.54 Å². The highest BCUT2D eigenvalue weighted by atomic mass is 16.3. The number of aliphatic hydroxyl groups is 2. The van der Waals surface area contributed by atoms with E-state index in [0.29, 0.717) is 12.1 Å². The molecule has 5 heteroatoms. The van der Waals surface area contributed by atoms with Crippen LogP contribution in [0, 0.1) is 0 Å². The molecule has 0 amide bonds. The third-order valence-electron chi connectivity index (χ3n) is 2.10. The summed E-state index contributed by atoms with van der Waals surface area (Å²) in [5, 5.41) is 26.0. The van der Waals surface area contributed by atoms with Gasteiger partial charge in [-0.25, -0.2) is 0 Å². The fourth-order valence-corrected chi connectivity index (χ4v) is 1.25. The molecule has 1 heterocycles. The average Bonchev–Trinajstić information content (AvgIpc) is 2.65. The molecule has 0 aliphatic rings. The SMILES string of the molecule is CCn1cc(C(O)C(O)CNC)cn1. The van der Waals surface area contributed by atoms with Gasteiger partial charge in [0.2, 0.25) is 0 Å². The van der Waals surface area contributed by atoms with Crippen LogP contribution in [0.4, 0.5) is 0 Å². The smallest absolute Gasteiger partial charge is 0.109 e. The van der Waals surface area contributed by atoms with Gasteiger partial charge in [-0.05, 0) is 14.0 Å². The molecule has 2 unspecified atom stereocenters. The van der Waals surface area contributed by atoms with Crippen molar-refractivity contribution in [3.63, 3.8) is 0 Å². The fraction of sp³-hybridized carbons (Fsp3) is 0.667. The minimum atomic E-state index is -0.872. The van der Waals surface area contributed by atoms with Gasteiger partial charge in [0, 0.05) is 24.8 Å². The summed E-state index contributed by atoms with van der Waals surface area (Å²) in [6.07, 6.45) is 1.65. The van der Waals surface area contributed by atoms with E-state index < -0.39 is 12.2 Å². The van der Waals surface area contributed by atoms with Gasteiger partial charge in [0.05, 0.1) is 12.3 Å². The van der Waals surface area contributed by atoms with Gasteiger partial charge >= 0.3 is 0 Å². The van der Waals surface area contributed by atoms with Crippen molar-refractivity contribution in [2.24, 2.45) is 0 Å². The molecule has 0 radical (unpaired) electrons. The molecule has 0 saturated heterocycles. The predicted molar refractivity (Wildman–Crippen MR) is 52.8 cm³/mol. The van der Waals surface area contributed by atoms with E-state index in [-0.39, 0.29) is 0 Å². The Morgan fingerprint density at radius 1 is 1.57 bits per heavy atom. The first kappa shape index (κ1) is 11.2. The Bertz CT molecular complexity index is 275. The minimum Gasteiger partial charge on any atom is -0.389 e. The van der Waals surface area contributed by atoms with Gasteiger partial charge in [-0.15, -0.1) is 0 Å². The second kappa shape index (κ2) is 5.09. The van der Waals surface area contributed by atoms with E-state index in [2.05, 4.69) is 10.4 Å². The number of likely N-dealkylation sites (N-methyl/N-ethyl adjacent to an activating group) is 1. The summed E-state index contributed by atoms with van der Waals surface area (Å²) in [6.45, 7) is 3.08. The van der Waals surface area contributed by atoms with E-state index >= 15 is 0 Å². The van der Waals surface area contributed by atoms with Gasteiger partial charge in [0.15, 0.2) is 0 Å². The number of rotatable bonds is 5.